The van der Waals surface area contributed by atoms with Gasteiger partial charge in [-0.3, -0.25) is 9.59 Å². The van der Waals surface area contributed by atoms with Gasteiger partial charge in [-0.1, -0.05) is 43.4 Å². The molecule has 1 aromatic heterocycles. The number of hydrogen-bond donors (Lipinski definition) is 2. The van der Waals surface area contributed by atoms with Crippen LogP contribution in [0.3, 0.4) is 0 Å². The van der Waals surface area contributed by atoms with Gasteiger partial charge in [0, 0.05) is 17.8 Å². The molecule has 0 bridgehead atoms. The molecule has 0 radical (unpaired) electrons. The molecule has 162 valence electrons. The van der Waals surface area contributed by atoms with Crippen LogP contribution in [0, 0.1) is 12.8 Å². The van der Waals surface area contributed by atoms with Crippen LogP contribution in [-0.4, -0.2) is 28.6 Å². The Labute approximate surface area is 185 Å². The van der Waals surface area contributed by atoms with Gasteiger partial charge in [-0.15, -0.1) is 10.2 Å². The molecule has 8 heteroatoms. The second-order valence-corrected chi connectivity index (χ2v) is 8.64. The fraction of sp³-hybridized carbons (Fsp3) is 0.304. The van der Waals surface area contributed by atoms with Gasteiger partial charge < -0.3 is 15.4 Å². The summed E-state index contributed by atoms with van der Waals surface area (Å²) in [6, 6.07) is 14.5. The van der Waals surface area contributed by atoms with Crippen molar-refractivity contribution >= 4 is 28.8 Å². The highest BCUT2D eigenvalue weighted by Gasteiger charge is 2.14. The highest BCUT2D eigenvalue weighted by Crippen LogP contribution is 2.18. The minimum Gasteiger partial charge on any atom is -0.486 e. The zero-order chi connectivity index (χ0) is 22.2. The van der Waals surface area contributed by atoms with Crippen LogP contribution in [0.1, 0.15) is 51.0 Å². The lowest BCUT2D eigenvalue weighted by molar-refractivity contribution is 0.0950. The first-order valence-electron chi connectivity index (χ1n) is 10.1. The molecule has 0 fully saturated rings. The van der Waals surface area contributed by atoms with Crippen LogP contribution in [-0.2, 0) is 6.61 Å². The van der Waals surface area contributed by atoms with Crippen LogP contribution in [0.5, 0.6) is 5.75 Å². The van der Waals surface area contributed by atoms with Crippen molar-refractivity contribution in [3.05, 3.63) is 69.7 Å². The first kappa shape index (κ1) is 22.4. The summed E-state index contributed by atoms with van der Waals surface area (Å²) in [5.74, 6) is 0.717. The van der Waals surface area contributed by atoms with Gasteiger partial charge >= 0.3 is 0 Å². The van der Waals surface area contributed by atoms with Gasteiger partial charge in [0.1, 0.15) is 12.4 Å². The average molecular weight is 439 g/mol. The number of amides is 2. The molecule has 0 saturated carbocycles. The number of aryl methyl sites for hydroxylation is 1. The molecule has 0 spiro atoms. The van der Waals surface area contributed by atoms with Gasteiger partial charge in [0.15, 0.2) is 5.01 Å². The molecule has 1 heterocycles. The van der Waals surface area contributed by atoms with Gasteiger partial charge in [-0.25, -0.2) is 0 Å². The molecule has 0 unspecified atom stereocenters. The first-order chi connectivity index (χ1) is 14.9. The molecule has 31 heavy (non-hydrogen) atoms. The van der Waals surface area contributed by atoms with E-state index in [-0.39, 0.29) is 23.4 Å². The lowest BCUT2D eigenvalue weighted by atomic mass is 10.1. The number of carbonyl (C=O) groups is 2. The molecule has 0 aliphatic rings. The van der Waals surface area contributed by atoms with E-state index in [9.17, 15) is 9.59 Å². The Morgan fingerprint density at radius 1 is 1.06 bits per heavy atom. The van der Waals surface area contributed by atoms with E-state index >= 15 is 0 Å². The number of ether oxygens (including phenoxy) is 1. The maximum Gasteiger partial charge on any atom is 0.286 e. The number of aromatic nitrogens is 2. The minimum atomic E-state index is -0.378. The molecule has 2 amide bonds. The Balaban J connectivity index is 1.56. The molecule has 2 aromatic carbocycles. The third-order valence-electron chi connectivity index (χ3n) is 4.40. The van der Waals surface area contributed by atoms with Crippen molar-refractivity contribution in [2.75, 3.05) is 11.9 Å². The molecule has 3 rings (SSSR count). The van der Waals surface area contributed by atoms with Crippen molar-refractivity contribution in [2.45, 2.75) is 33.8 Å². The van der Waals surface area contributed by atoms with E-state index in [1.165, 1.54) is 11.3 Å². The third-order valence-corrected chi connectivity index (χ3v) is 5.30. The zero-order valence-corrected chi connectivity index (χ0v) is 18.7. The smallest absolute Gasteiger partial charge is 0.286 e. The van der Waals surface area contributed by atoms with Gasteiger partial charge in [0.05, 0.1) is 0 Å². The van der Waals surface area contributed by atoms with Gasteiger partial charge in [0.2, 0.25) is 5.01 Å². The van der Waals surface area contributed by atoms with Crippen LogP contribution < -0.4 is 15.4 Å². The van der Waals surface area contributed by atoms with E-state index in [4.69, 9.17) is 4.74 Å². The highest BCUT2D eigenvalue weighted by atomic mass is 32.1. The van der Waals surface area contributed by atoms with Crippen molar-refractivity contribution in [3.63, 3.8) is 0 Å². The van der Waals surface area contributed by atoms with Crippen molar-refractivity contribution in [1.82, 2.24) is 15.5 Å². The summed E-state index contributed by atoms with van der Waals surface area (Å²) < 4.78 is 5.70. The van der Waals surface area contributed by atoms with Crippen LogP contribution >= 0.6 is 11.3 Å². The summed E-state index contributed by atoms with van der Waals surface area (Å²) >= 11 is 1.17. The van der Waals surface area contributed by atoms with E-state index in [1.807, 2.05) is 31.2 Å². The second kappa shape index (κ2) is 10.7. The quantitative estimate of drug-likeness (QED) is 0.515. The molecular weight excluding hydrogens is 412 g/mol. The molecule has 0 aliphatic carbocycles. The van der Waals surface area contributed by atoms with E-state index < -0.39 is 0 Å². The standard InChI is InChI=1S/C23H26N4O3S/c1-15(2)10-11-24-21(28)17-7-5-8-18(13-17)25-22(29)23-27-26-20(31-23)14-30-19-9-4-6-16(3)12-19/h4-9,12-13,15H,10-11,14H2,1-3H3,(H,24,28)(H,25,29). The number of anilines is 1. The number of rotatable bonds is 9. The predicted molar refractivity (Wildman–Crippen MR) is 122 cm³/mol. The number of nitrogens with one attached hydrogen (secondary N) is 2. The van der Waals surface area contributed by atoms with Crippen LogP contribution in [0.2, 0.25) is 0 Å². The topological polar surface area (TPSA) is 93.2 Å². The van der Waals surface area contributed by atoms with Crippen LogP contribution in [0.4, 0.5) is 5.69 Å². The van der Waals surface area contributed by atoms with Gasteiger partial charge in [-0.2, -0.15) is 0 Å². The molecular formula is C23H26N4O3S. The van der Waals surface area contributed by atoms with Crippen molar-refractivity contribution in [2.24, 2.45) is 5.92 Å². The van der Waals surface area contributed by atoms with Gasteiger partial charge in [0.25, 0.3) is 11.8 Å². The summed E-state index contributed by atoms with van der Waals surface area (Å²) in [6.45, 7) is 7.06. The maximum absolute atomic E-state index is 12.5. The summed E-state index contributed by atoms with van der Waals surface area (Å²) in [6.07, 6.45) is 0.912. The number of hydrogen-bond acceptors (Lipinski definition) is 6. The maximum atomic E-state index is 12.5. The average Bonchev–Trinajstić information content (AvgIpc) is 3.21. The lowest BCUT2D eigenvalue weighted by Crippen LogP contribution is -2.25. The monoisotopic (exact) mass is 438 g/mol. The molecule has 7 nitrogen and oxygen atoms in total. The van der Waals surface area contributed by atoms with Crippen molar-refractivity contribution < 1.29 is 14.3 Å². The summed E-state index contributed by atoms with van der Waals surface area (Å²) in [4.78, 5) is 24.8. The third kappa shape index (κ3) is 6.89. The van der Waals surface area contributed by atoms with Crippen molar-refractivity contribution in [3.8, 4) is 5.75 Å². The summed E-state index contributed by atoms with van der Waals surface area (Å²) in [7, 11) is 0. The predicted octanol–water partition coefficient (Wildman–Crippen LogP) is 4.45. The molecule has 0 aliphatic heterocycles. The molecule has 2 N–H and O–H groups in total. The molecule has 3 aromatic rings. The van der Waals surface area contributed by atoms with E-state index in [0.717, 1.165) is 17.7 Å². The molecule has 0 saturated heterocycles. The second-order valence-electron chi connectivity index (χ2n) is 7.58. The van der Waals surface area contributed by atoms with E-state index in [2.05, 4.69) is 34.7 Å². The SMILES string of the molecule is Cc1cccc(OCc2nnc(C(=O)Nc3cccc(C(=O)NCCC(C)C)c3)s2)c1. The fourth-order valence-corrected chi connectivity index (χ4v) is 3.40. The Morgan fingerprint density at radius 3 is 2.65 bits per heavy atom. The Kier molecular flexibility index (Phi) is 7.72. The summed E-state index contributed by atoms with van der Waals surface area (Å²) in [5.41, 5.74) is 2.12. The normalized spacial score (nSPS) is 10.7. The number of benzene rings is 2. The van der Waals surface area contributed by atoms with Crippen LogP contribution in [0.15, 0.2) is 48.5 Å². The Bertz CT molecular complexity index is 1050. The Morgan fingerprint density at radius 2 is 1.87 bits per heavy atom. The Hall–Kier alpha value is -3.26. The highest BCUT2D eigenvalue weighted by molar-refractivity contribution is 7.13. The number of nitrogens with zero attached hydrogens (tertiary/aromatic N) is 2. The van der Waals surface area contributed by atoms with Crippen LogP contribution in [0.25, 0.3) is 0 Å². The van der Waals surface area contributed by atoms with E-state index in [1.54, 1.807) is 24.3 Å². The lowest BCUT2D eigenvalue weighted by Gasteiger charge is -2.09. The zero-order valence-electron chi connectivity index (χ0n) is 17.8. The number of carbonyl (C=O) groups excluding carboxylic acids is 2. The fourth-order valence-electron chi connectivity index (χ4n) is 2.75. The van der Waals surface area contributed by atoms with Crippen molar-refractivity contribution in [1.29, 1.82) is 0 Å². The van der Waals surface area contributed by atoms with Gasteiger partial charge in [-0.05, 0) is 55.2 Å². The minimum absolute atomic E-state index is 0.164. The molecule has 0 atom stereocenters. The first-order valence-corrected chi connectivity index (χ1v) is 10.9. The summed E-state index contributed by atoms with van der Waals surface area (Å²) in [5, 5.41) is 14.5. The largest absolute Gasteiger partial charge is 0.486 e. The van der Waals surface area contributed by atoms with E-state index in [0.29, 0.717) is 28.7 Å².